The van der Waals surface area contributed by atoms with Crippen molar-refractivity contribution in [2.75, 3.05) is 33.9 Å². The second-order valence-electron chi connectivity index (χ2n) is 14.5. The summed E-state index contributed by atoms with van der Waals surface area (Å²) in [6, 6.07) is 0. The molecular formula is C40H73NO6. The smallest absolute Gasteiger partial charge is 0.306 e. The first-order valence-electron chi connectivity index (χ1n) is 18.9. The van der Waals surface area contributed by atoms with Crippen molar-refractivity contribution in [2.24, 2.45) is 11.3 Å². The highest BCUT2D eigenvalue weighted by molar-refractivity contribution is 5.70. The highest BCUT2D eigenvalue weighted by Gasteiger charge is 2.27. The Hall–Kier alpha value is -2.15. The average molecular weight is 664 g/mol. The van der Waals surface area contributed by atoms with Gasteiger partial charge in [0.15, 0.2) is 0 Å². The molecule has 7 heteroatoms. The molecule has 0 saturated heterocycles. The van der Waals surface area contributed by atoms with Crippen LogP contribution in [0.1, 0.15) is 163 Å². The molecule has 0 rings (SSSR count). The van der Waals surface area contributed by atoms with Gasteiger partial charge in [0, 0.05) is 19.4 Å². The van der Waals surface area contributed by atoms with E-state index < -0.39 is 0 Å². The summed E-state index contributed by atoms with van der Waals surface area (Å²) in [5.41, 5.74) is -0.100. The van der Waals surface area contributed by atoms with Crippen molar-refractivity contribution in [2.45, 2.75) is 169 Å². The molecule has 7 nitrogen and oxygen atoms in total. The number of allylic oxidation sites excluding steroid dienone is 2. The second-order valence-corrected chi connectivity index (χ2v) is 14.5. The molecule has 0 heterocycles. The van der Waals surface area contributed by atoms with Crippen LogP contribution in [0.4, 0.5) is 0 Å². The minimum atomic E-state index is -0.118. The second kappa shape index (κ2) is 29.9. The maximum atomic E-state index is 13.1. The van der Waals surface area contributed by atoms with Gasteiger partial charge >= 0.3 is 17.9 Å². The van der Waals surface area contributed by atoms with E-state index in [1.807, 2.05) is 12.2 Å². The fourth-order valence-corrected chi connectivity index (χ4v) is 6.06. The van der Waals surface area contributed by atoms with Crippen molar-refractivity contribution in [1.29, 1.82) is 0 Å². The lowest BCUT2D eigenvalue weighted by Crippen LogP contribution is -2.28. The molecule has 0 aliphatic carbocycles. The lowest BCUT2D eigenvalue weighted by atomic mass is 9.80. The fraction of sp³-hybridized carbons (Fsp3) is 0.825. The molecule has 0 aliphatic rings. The number of nitrogens with zero attached hydrogens (tertiary/aromatic N) is 1. The Balaban J connectivity index is 4.54. The Morgan fingerprint density at radius 3 is 1.55 bits per heavy atom. The fourth-order valence-electron chi connectivity index (χ4n) is 6.06. The largest absolute Gasteiger partial charge is 0.462 e. The maximum absolute atomic E-state index is 13.1. The monoisotopic (exact) mass is 664 g/mol. The number of carbonyl (C=O) groups excluding carboxylic acids is 3. The van der Waals surface area contributed by atoms with Gasteiger partial charge in [-0.1, -0.05) is 110 Å². The van der Waals surface area contributed by atoms with Crippen LogP contribution in [0.25, 0.3) is 0 Å². The molecule has 0 spiro atoms. The maximum Gasteiger partial charge on any atom is 0.306 e. The van der Waals surface area contributed by atoms with Crippen LogP contribution in [0.2, 0.25) is 0 Å². The number of unbranched alkanes of at least 4 members (excludes halogenated alkanes) is 10. The Morgan fingerprint density at radius 2 is 1.11 bits per heavy atom. The Labute approximate surface area is 289 Å². The van der Waals surface area contributed by atoms with Crippen LogP contribution in [0, 0.1) is 11.3 Å². The molecule has 0 radical (unpaired) electrons. The van der Waals surface area contributed by atoms with Gasteiger partial charge in [-0.2, -0.15) is 0 Å². The summed E-state index contributed by atoms with van der Waals surface area (Å²) in [7, 11) is 4.18. The zero-order chi connectivity index (χ0) is 35.2. The quantitative estimate of drug-likeness (QED) is 0.0316. The first-order valence-corrected chi connectivity index (χ1v) is 18.9. The van der Waals surface area contributed by atoms with Gasteiger partial charge in [0.2, 0.25) is 0 Å². The molecule has 0 saturated carbocycles. The van der Waals surface area contributed by atoms with Crippen LogP contribution >= 0.6 is 0 Å². The predicted molar refractivity (Wildman–Crippen MR) is 195 cm³/mol. The highest BCUT2D eigenvalue weighted by atomic mass is 16.5. The van der Waals surface area contributed by atoms with E-state index in [9.17, 15) is 14.4 Å². The molecular weight excluding hydrogens is 590 g/mol. The van der Waals surface area contributed by atoms with Crippen LogP contribution in [0.5, 0.6) is 0 Å². The standard InChI is InChI=1S/C40H73NO6/c1-8-10-12-24-30-45-37(42)28-22-18-14-16-20-26-36(47-39(44)33-40(4,5)32-35(3)34-41(6)7)27-21-17-15-19-23-29-38(43)46-31-25-13-11-9-2/h12-13,24-25,35-36H,8-11,14-23,26-34H2,1-7H3/b24-12-,25-13-. The zero-order valence-corrected chi connectivity index (χ0v) is 31.6. The normalized spacial score (nSPS) is 12.8. The summed E-state index contributed by atoms with van der Waals surface area (Å²) in [4.78, 5) is 39.1. The molecule has 0 aromatic heterocycles. The first kappa shape index (κ1) is 44.9. The van der Waals surface area contributed by atoms with E-state index in [-0.39, 0.29) is 29.4 Å². The number of ether oxygens (including phenoxy) is 3. The lowest BCUT2D eigenvalue weighted by Gasteiger charge is -2.29. The summed E-state index contributed by atoms with van der Waals surface area (Å²) in [6.07, 6.45) is 26.3. The summed E-state index contributed by atoms with van der Waals surface area (Å²) < 4.78 is 16.6. The average Bonchev–Trinajstić information content (AvgIpc) is 2.98. The number of hydrogen-bond acceptors (Lipinski definition) is 7. The molecule has 47 heavy (non-hydrogen) atoms. The minimum Gasteiger partial charge on any atom is -0.462 e. The molecule has 0 aromatic carbocycles. The summed E-state index contributed by atoms with van der Waals surface area (Å²) in [5.74, 6) is 0.195. The summed E-state index contributed by atoms with van der Waals surface area (Å²) in [5, 5.41) is 0. The Kier molecular flexibility index (Phi) is 28.6. The third-order valence-electron chi connectivity index (χ3n) is 8.24. The Morgan fingerprint density at radius 1 is 0.660 bits per heavy atom. The molecule has 0 aliphatic heterocycles. The molecule has 0 aromatic rings. The van der Waals surface area contributed by atoms with Crippen molar-refractivity contribution >= 4 is 17.9 Å². The molecule has 274 valence electrons. The van der Waals surface area contributed by atoms with Crippen LogP contribution in [-0.4, -0.2) is 62.8 Å². The highest BCUT2D eigenvalue weighted by Crippen LogP contribution is 2.31. The Bertz CT molecular complexity index is 804. The third-order valence-corrected chi connectivity index (χ3v) is 8.24. The van der Waals surface area contributed by atoms with Crippen molar-refractivity contribution in [3.8, 4) is 0 Å². The van der Waals surface area contributed by atoms with Crippen molar-refractivity contribution in [1.82, 2.24) is 4.90 Å². The molecule has 0 N–H and O–H groups in total. The predicted octanol–water partition coefficient (Wildman–Crippen LogP) is 10.2. The van der Waals surface area contributed by atoms with E-state index in [0.717, 1.165) is 116 Å². The number of hydrogen-bond donors (Lipinski definition) is 0. The van der Waals surface area contributed by atoms with Gasteiger partial charge in [-0.15, -0.1) is 0 Å². The summed E-state index contributed by atoms with van der Waals surface area (Å²) >= 11 is 0. The van der Waals surface area contributed by atoms with E-state index in [0.29, 0.717) is 38.4 Å². The van der Waals surface area contributed by atoms with Gasteiger partial charge in [-0.25, -0.2) is 0 Å². The SMILES string of the molecule is CCC/C=C\COC(=O)CCCCCCCC(CCCCCCCC(=O)OC/C=C\CCC)OC(=O)CC(C)(C)CC(C)CN(C)C. The molecule has 0 amide bonds. The van der Waals surface area contributed by atoms with Gasteiger partial charge in [0.1, 0.15) is 19.3 Å². The first-order chi connectivity index (χ1) is 22.5. The third kappa shape index (κ3) is 30.9. The summed E-state index contributed by atoms with van der Waals surface area (Å²) in [6.45, 7) is 12.6. The number of esters is 3. The van der Waals surface area contributed by atoms with Crippen LogP contribution in [0.3, 0.4) is 0 Å². The lowest BCUT2D eigenvalue weighted by molar-refractivity contribution is -0.152. The molecule has 0 fully saturated rings. The van der Waals surface area contributed by atoms with Crippen LogP contribution < -0.4 is 0 Å². The van der Waals surface area contributed by atoms with Crippen molar-refractivity contribution in [3.63, 3.8) is 0 Å². The minimum absolute atomic E-state index is 0.0519. The number of carbonyl (C=O) groups is 3. The molecule has 0 bridgehead atoms. The van der Waals surface area contributed by atoms with E-state index in [4.69, 9.17) is 14.2 Å². The molecule has 1 unspecified atom stereocenters. The number of rotatable bonds is 31. The van der Waals surface area contributed by atoms with Crippen LogP contribution in [0.15, 0.2) is 24.3 Å². The van der Waals surface area contributed by atoms with E-state index in [2.05, 4.69) is 65.8 Å². The van der Waals surface area contributed by atoms with Gasteiger partial charge in [-0.3, -0.25) is 14.4 Å². The van der Waals surface area contributed by atoms with E-state index in [1.54, 1.807) is 0 Å². The van der Waals surface area contributed by atoms with Gasteiger partial charge in [-0.05, 0) is 83.2 Å². The van der Waals surface area contributed by atoms with Gasteiger partial charge < -0.3 is 19.1 Å². The van der Waals surface area contributed by atoms with Crippen molar-refractivity contribution < 1.29 is 28.6 Å². The van der Waals surface area contributed by atoms with E-state index >= 15 is 0 Å². The van der Waals surface area contributed by atoms with Crippen molar-refractivity contribution in [3.05, 3.63) is 24.3 Å². The zero-order valence-electron chi connectivity index (χ0n) is 31.6. The van der Waals surface area contributed by atoms with Gasteiger partial charge in [0.25, 0.3) is 0 Å². The van der Waals surface area contributed by atoms with Crippen LogP contribution in [-0.2, 0) is 28.6 Å². The van der Waals surface area contributed by atoms with E-state index in [1.165, 1.54) is 0 Å². The molecule has 1 atom stereocenters. The topological polar surface area (TPSA) is 82.1 Å². The van der Waals surface area contributed by atoms with Gasteiger partial charge in [0.05, 0.1) is 6.42 Å².